The Morgan fingerprint density at radius 1 is 1.43 bits per heavy atom. The fourth-order valence-corrected chi connectivity index (χ4v) is 3.23. The number of nitrogens with zero attached hydrogens (tertiary/aromatic N) is 2. The molecular formula is C15H15N3O2S. The lowest BCUT2D eigenvalue weighted by molar-refractivity contribution is 0.0781. The number of nitrogen functional groups attached to an aromatic ring is 1. The van der Waals surface area contributed by atoms with Crippen molar-refractivity contribution in [3.8, 4) is 0 Å². The van der Waals surface area contributed by atoms with E-state index in [-0.39, 0.29) is 5.91 Å². The Hall–Kier alpha value is -2.34. The van der Waals surface area contributed by atoms with Crippen LogP contribution < -0.4 is 5.73 Å². The second-order valence-corrected chi connectivity index (χ2v) is 5.92. The number of amides is 1. The summed E-state index contributed by atoms with van der Waals surface area (Å²) in [5.74, 6) is 1.46. The van der Waals surface area contributed by atoms with Crippen molar-refractivity contribution >= 4 is 33.1 Å². The van der Waals surface area contributed by atoms with Gasteiger partial charge in [0.1, 0.15) is 21.9 Å². The number of rotatable bonds is 3. The number of carbonyl (C=O) groups is 1. The van der Waals surface area contributed by atoms with Crippen molar-refractivity contribution in [2.75, 3.05) is 12.8 Å². The van der Waals surface area contributed by atoms with E-state index in [0.717, 1.165) is 16.2 Å². The number of anilines is 1. The molecule has 0 saturated heterocycles. The third-order valence-corrected chi connectivity index (χ3v) is 4.36. The molecule has 0 aliphatic heterocycles. The summed E-state index contributed by atoms with van der Waals surface area (Å²) in [7, 11) is 1.73. The van der Waals surface area contributed by atoms with E-state index in [4.69, 9.17) is 10.2 Å². The molecule has 0 radical (unpaired) electrons. The van der Waals surface area contributed by atoms with Crippen molar-refractivity contribution in [1.29, 1.82) is 0 Å². The van der Waals surface area contributed by atoms with E-state index < -0.39 is 0 Å². The van der Waals surface area contributed by atoms with E-state index in [1.54, 1.807) is 18.1 Å². The maximum absolute atomic E-state index is 12.5. The maximum Gasteiger partial charge on any atom is 0.266 e. The van der Waals surface area contributed by atoms with Crippen molar-refractivity contribution in [3.63, 3.8) is 0 Å². The number of carbonyl (C=O) groups excluding carboxylic acids is 1. The molecule has 3 aromatic rings. The Labute approximate surface area is 126 Å². The average Bonchev–Trinajstić information content (AvgIpc) is 3.03. The molecule has 6 heteroatoms. The summed E-state index contributed by atoms with van der Waals surface area (Å²) in [6.45, 7) is 2.29. The van der Waals surface area contributed by atoms with Crippen LogP contribution in [0.15, 0.2) is 34.9 Å². The van der Waals surface area contributed by atoms with Gasteiger partial charge in [-0.3, -0.25) is 9.78 Å². The highest BCUT2D eigenvalue weighted by atomic mass is 32.1. The summed E-state index contributed by atoms with van der Waals surface area (Å²) in [5.41, 5.74) is 7.19. The number of aryl methyl sites for hydroxylation is 1. The Balaban J connectivity index is 1.87. The van der Waals surface area contributed by atoms with Gasteiger partial charge in [-0.15, -0.1) is 11.3 Å². The van der Waals surface area contributed by atoms with Crippen molar-refractivity contribution in [1.82, 2.24) is 9.88 Å². The summed E-state index contributed by atoms with van der Waals surface area (Å²) >= 11 is 1.37. The first kappa shape index (κ1) is 13.6. The molecular weight excluding hydrogens is 286 g/mol. The molecule has 0 fully saturated rings. The topological polar surface area (TPSA) is 72.4 Å². The summed E-state index contributed by atoms with van der Waals surface area (Å²) in [5, 5.41) is 0. The third kappa shape index (κ3) is 2.50. The molecule has 0 bridgehead atoms. The molecule has 0 unspecified atom stereocenters. The monoisotopic (exact) mass is 301 g/mol. The van der Waals surface area contributed by atoms with Crippen LogP contribution in [-0.2, 0) is 6.54 Å². The molecule has 1 amide bonds. The van der Waals surface area contributed by atoms with E-state index in [1.807, 2.05) is 31.2 Å². The number of fused-ring (bicyclic) bond motifs is 1. The number of hydrogen-bond acceptors (Lipinski definition) is 5. The molecule has 3 aromatic heterocycles. The van der Waals surface area contributed by atoms with E-state index in [9.17, 15) is 4.79 Å². The summed E-state index contributed by atoms with van der Waals surface area (Å²) < 4.78 is 6.41. The molecule has 0 spiro atoms. The molecule has 0 aliphatic rings. The lowest BCUT2D eigenvalue weighted by Crippen LogP contribution is -2.25. The number of nitrogens with two attached hydrogens (primary N) is 1. The molecule has 0 saturated carbocycles. The fraction of sp³-hybridized carbons (Fsp3) is 0.200. The van der Waals surface area contributed by atoms with Crippen molar-refractivity contribution in [2.24, 2.45) is 0 Å². The van der Waals surface area contributed by atoms with Gasteiger partial charge in [0, 0.05) is 13.2 Å². The van der Waals surface area contributed by atoms with Gasteiger partial charge in [-0.25, -0.2) is 0 Å². The zero-order valence-electron chi connectivity index (χ0n) is 11.8. The third-order valence-electron chi connectivity index (χ3n) is 3.21. The highest BCUT2D eigenvalue weighted by Crippen LogP contribution is 2.32. The van der Waals surface area contributed by atoms with Crippen LogP contribution in [0.4, 0.5) is 5.69 Å². The van der Waals surface area contributed by atoms with E-state index in [1.165, 1.54) is 11.3 Å². The average molecular weight is 301 g/mol. The molecule has 0 aliphatic carbocycles. The zero-order chi connectivity index (χ0) is 15.0. The fourth-order valence-electron chi connectivity index (χ4n) is 2.16. The Bertz CT molecular complexity index is 806. The minimum absolute atomic E-state index is 0.121. The summed E-state index contributed by atoms with van der Waals surface area (Å²) in [6.07, 6.45) is 1.68. The molecule has 21 heavy (non-hydrogen) atoms. The highest BCUT2D eigenvalue weighted by Gasteiger charge is 2.21. The predicted octanol–water partition coefficient (Wildman–Crippen LogP) is 3.05. The predicted molar refractivity (Wildman–Crippen MR) is 83.3 cm³/mol. The molecule has 0 aromatic carbocycles. The minimum atomic E-state index is -0.121. The standard InChI is InChI=1S/C15H15N3O2S/c1-9-5-6-10(20-9)8-18(2)15(19)14-12(16)13-11(21-14)4-3-7-17-13/h3-7H,8,16H2,1-2H3. The largest absolute Gasteiger partial charge is 0.464 e. The lowest BCUT2D eigenvalue weighted by Gasteiger charge is -2.15. The summed E-state index contributed by atoms with van der Waals surface area (Å²) in [4.78, 5) is 18.9. The second-order valence-electron chi connectivity index (χ2n) is 4.87. The van der Waals surface area contributed by atoms with Gasteiger partial charge >= 0.3 is 0 Å². The van der Waals surface area contributed by atoms with Crippen LogP contribution in [0, 0.1) is 6.92 Å². The molecule has 108 valence electrons. The zero-order valence-corrected chi connectivity index (χ0v) is 12.6. The Kier molecular flexibility index (Phi) is 3.39. The Morgan fingerprint density at radius 3 is 2.90 bits per heavy atom. The number of pyridine rings is 1. The Morgan fingerprint density at radius 2 is 2.24 bits per heavy atom. The first-order valence-electron chi connectivity index (χ1n) is 6.50. The van der Waals surface area contributed by atoms with E-state index in [2.05, 4.69) is 4.98 Å². The van der Waals surface area contributed by atoms with Crippen molar-refractivity contribution in [3.05, 3.63) is 46.9 Å². The number of furan rings is 1. The molecule has 3 heterocycles. The van der Waals surface area contributed by atoms with Crippen molar-refractivity contribution < 1.29 is 9.21 Å². The van der Waals surface area contributed by atoms with Crippen LogP contribution in [0.3, 0.4) is 0 Å². The van der Waals surface area contributed by atoms with Gasteiger partial charge in [0.25, 0.3) is 5.91 Å². The van der Waals surface area contributed by atoms with Gasteiger partial charge in [-0.05, 0) is 31.2 Å². The number of thiophene rings is 1. The first-order valence-corrected chi connectivity index (χ1v) is 7.31. The normalized spacial score (nSPS) is 11.0. The van der Waals surface area contributed by atoms with Crippen LogP contribution in [0.25, 0.3) is 10.2 Å². The van der Waals surface area contributed by atoms with Gasteiger partial charge in [-0.2, -0.15) is 0 Å². The van der Waals surface area contributed by atoms with Gasteiger partial charge in [0.05, 0.1) is 16.9 Å². The molecule has 2 N–H and O–H groups in total. The summed E-state index contributed by atoms with van der Waals surface area (Å²) in [6, 6.07) is 7.50. The molecule has 0 atom stereocenters. The van der Waals surface area contributed by atoms with Gasteiger partial charge in [0.15, 0.2) is 0 Å². The van der Waals surface area contributed by atoms with Gasteiger partial charge < -0.3 is 15.1 Å². The van der Waals surface area contributed by atoms with Crippen LogP contribution >= 0.6 is 11.3 Å². The highest BCUT2D eigenvalue weighted by molar-refractivity contribution is 7.21. The van der Waals surface area contributed by atoms with Crippen LogP contribution in [0.2, 0.25) is 0 Å². The first-order chi connectivity index (χ1) is 10.1. The SMILES string of the molecule is Cc1ccc(CN(C)C(=O)c2sc3cccnc3c2N)o1. The van der Waals surface area contributed by atoms with Crippen LogP contribution in [0.5, 0.6) is 0 Å². The van der Waals surface area contributed by atoms with E-state index >= 15 is 0 Å². The van der Waals surface area contributed by atoms with Crippen LogP contribution in [0.1, 0.15) is 21.2 Å². The second kappa shape index (κ2) is 5.21. The number of aromatic nitrogens is 1. The van der Waals surface area contributed by atoms with Gasteiger partial charge in [-0.1, -0.05) is 0 Å². The van der Waals surface area contributed by atoms with Gasteiger partial charge in [0.2, 0.25) is 0 Å². The maximum atomic E-state index is 12.5. The number of hydrogen-bond donors (Lipinski definition) is 1. The van der Waals surface area contributed by atoms with Crippen LogP contribution in [-0.4, -0.2) is 22.8 Å². The lowest BCUT2D eigenvalue weighted by atomic mass is 10.3. The van der Waals surface area contributed by atoms with Crippen molar-refractivity contribution in [2.45, 2.75) is 13.5 Å². The quantitative estimate of drug-likeness (QED) is 0.807. The minimum Gasteiger partial charge on any atom is -0.464 e. The molecule has 3 rings (SSSR count). The smallest absolute Gasteiger partial charge is 0.266 e. The van der Waals surface area contributed by atoms with E-state index in [0.29, 0.717) is 22.6 Å². The molecule has 5 nitrogen and oxygen atoms in total.